The number of aryl methyl sites for hydroxylation is 1. The third-order valence-corrected chi connectivity index (χ3v) is 5.45. The van der Waals surface area contributed by atoms with Gasteiger partial charge in [-0.3, -0.25) is 0 Å². The van der Waals surface area contributed by atoms with Crippen molar-refractivity contribution in [1.29, 1.82) is 0 Å². The monoisotopic (exact) mass is 454 g/mol. The van der Waals surface area contributed by atoms with Crippen molar-refractivity contribution in [2.45, 2.75) is 105 Å². The van der Waals surface area contributed by atoms with Gasteiger partial charge in [-0.15, -0.1) is 12.8 Å². The van der Waals surface area contributed by atoms with Crippen molar-refractivity contribution in [3.05, 3.63) is 59.7 Å². The molecule has 186 valence electrons. The predicted molar refractivity (Wildman–Crippen MR) is 147 cm³/mol. The Bertz CT molecular complexity index is 648. The molecule has 1 saturated carbocycles. The van der Waals surface area contributed by atoms with Gasteiger partial charge in [0.2, 0.25) is 0 Å². The average Bonchev–Trinajstić information content (AvgIpc) is 2.91. The van der Waals surface area contributed by atoms with Crippen LogP contribution < -0.4 is 4.74 Å². The molecule has 0 radical (unpaired) electrons. The van der Waals surface area contributed by atoms with Crippen molar-refractivity contribution in [2.24, 2.45) is 0 Å². The number of unbranched alkanes of at least 4 members (excludes halogenated alkanes) is 2. The summed E-state index contributed by atoms with van der Waals surface area (Å²) in [5.41, 5.74) is 2.80. The first kappa shape index (κ1) is 32.8. The van der Waals surface area contributed by atoms with E-state index < -0.39 is 0 Å². The topological polar surface area (TPSA) is 29.5 Å². The highest BCUT2D eigenvalue weighted by molar-refractivity contribution is 5.28. The van der Waals surface area contributed by atoms with Crippen molar-refractivity contribution in [2.75, 3.05) is 7.11 Å². The standard InChI is InChI=1S/C12H16O.C11H16O.C4H10.C2H6.C2H2/c13-12-8-6-11(7-9-12)10-4-2-1-3-5-10;1-3-4-5-10-6-8-11(12-2)9-7-10;1-3-4-2;2*1-2/h6-10,13H,1-5H2;6-9H,3-5H2,1-2H3;3-4H2,1-2H3;1-2H3;1-2H. The summed E-state index contributed by atoms with van der Waals surface area (Å²) < 4.78 is 5.07. The Kier molecular flexibility index (Phi) is 24.1. The van der Waals surface area contributed by atoms with E-state index in [1.54, 1.807) is 19.2 Å². The molecule has 1 N–H and O–H groups in total. The lowest BCUT2D eigenvalue weighted by molar-refractivity contribution is 0.414. The van der Waals surface area contributed by atoms with Crippen LogP contribution in [0.1, 0.15) is 109 Å². The molecular weight excluding hydrogens is 404 g/mol. The second kappa shape index (κ2) is 24.2. The molecule has 0 aliphatic heterocycles. The van der Waals surface area contributed by atoms with Gasteiger partial charge in [-0.1, -0.05) is 97.4 Å². The summed E-state index contributed by atoms with van der Waals surface area (Å²) in [6.45, 7) is 10.6. The van der Waals surface area contributed by atoms with Crippen LogP contribution >= 0.6 is 0 Å². The lowest BCUT2D eigenvalue weighted by Gasteiger charge is -2.21. The molecule has 2 aromatic rings. The predicted octanol–water partition coefficient (Wildman–Crippen LogP) is 9.56. The number of phenolic OH excluding ortho intramolecular Hbond substituents is 1. The van der Waals surface area contributed by atoms with Gasteiger partial charge < -0.3 is 9.84 Å². The molecule has 0 bridgehead atoms. The quantitative estimate of drug-likeness (QED) is 0.440. The summed E-state index contributed by atoms with van der Waals surface area (Å²) in [5.74, 6) is 2.06. The Balaban J connectivity index is 0. The molecule has 1 aliphatic rings. The van der Waals surface area contributed by atoms with E-state index in [4.69, 9.17) is 9.84 Å². The number of aromatic hydroxyl groups is 1. The molecular formula is C31H50O2. The Hall–Kier alpha value is -2.40. The number of methoxy groups -OCH3 is 1. The summed E-state index contributed by atoms with van der Waals surface area (Å²) in [6, 6.07) is 16.0. The number of benzene rings is 2. The maximum atomic E-state index is 9.16. The normalized spacial score (nSPS) is 12.1. The second-order valence-electron chi connectivity index (χ2n) is 7.88. The fourth-order valence-corrected chi connectivity index (χ4v) is 3.36. The number of hydrogen-bond acceptors (Lipinski definition) is 2. The van der Waals surface area contributed by atoms with Gasteiger partial charge in [0, 0.05) is 0 Å². The fraction of sp³-hybridized carbons (Fsp3) is 0.548. The molecule has 3 rings (SSSR count). The first-order chi connectivity index (χ1) is 16.1. The Morgan fingerprint density at radius 1 is 0.788 bits per heavy atom. The molecule has 0 unspecified atom stereocenters. The smallest absolute Gasteiger partial charge is 0.118 e. The Labute approximate surface area is 205 Å². The molecule has 0 spiro atoms. The molecule has 1 fully saturated rings. The third-order valence-electron chi connectivity index (χ3n) is 5.45. The van der Waals surface area contributed by atoms with E-state index in [1.807, 2.05) is 26.0 Å². The molecule has 2 nitrogen and oxygen atoms in total. The largest absolute Gasteiger partial charge is 0.508 e. The van der Waals surface area contributed by atoms with Gasteiger partial charge in [0.25, 0.3) is 0 Å². The number of terminal acetylenes is 1. The van der Waals surface area contributed by atoms with Crippen LogP contribution in [0.25, 0.3) is 0 Å². The van der Waals surface area contributed by atoms with Crippen LogP contribution in [0.4, 0.5) is 0 Å². The van der Waals surface area contributed by atoms with Crippen LogP contribution in [0.3, 0.4) is 0 Å². The Morgan fingerprint density at radius 3 is 1.73 bits per heavy atom. The van der Waals surface area contributed by atoms with Crippen LogP contribution in [-0.2, 0) is 6.42 Å². The number of hydrogen-bond donors (Lipinski definition) is 1. The van der Waals surface area contributed by atoms with Crippen molar-refractivity contribution >= 4 is 0 Å². The van der Waals surface area contributed by atoms with Crippen LogP contribution in [0.2, 0.25) is 0 Å². The molecule has 0 heterocycles. The number of rotatable bonds is 6. The van der Waals surface area contributed by atoms with Crippen molar-refractivity contribution in [3.63, 3.8) is 0 Å². The molecule has 2 heteroatoms. The molecule has 0 aromatic heterocycles. The first-order valence-corrected chi connectivity index (χ1v) is 12.9. The summed E-state index contributed by atoms with van der Waals surface area (Å²) in [6.07, 6.45) is 21.1. The van der Waals surface area contributed by atoms with Gasteiger partial charge in [0.1, 0.15) is 11.5 Å². The van der Waals surface area contributed by atoms with Crippen molar-refractivity contribution < 1.29 is 9.84 Å². The minimum Gasteiger partial charge on any atom is -0.508 e. The summed E-state index contributed by atoms with van der Waals surface area (Å²) in [5, 5.41) is 9.16. The zero-order valence-corrected chi connectivity index (χ0v) is 22.3. The molecule has 2 aromatic carbocycles. The molecule has 0 atom stereocenters. The van der Waals surface area contributed by atoms with Crippen LogP contribution in [0, 0.1) is 12.8 Å². The van der Waals surface area contributed by atoms with Gasteiger partial charge in [-0.2, -0.15) is 0 Å². The Morgan fingerprint density at radius 2 is 1.30 bits per heavy atom. The van der Waals surface area contributed by atoms with Crippen LogP contribution in [0.5, 0.6) is 11.5 Å². The summed E-state index contributed by atoms with van der Waals surface area (Å²) in [7, 11) is 1.70. The zero-order valence-electron chi connectivity index (χ0n) is 22.3. The van der Waals surface area contributed by atoms with E-state index in [9.17, 15) is 0 Å². The maximum absolute atomic E-state index is 9.16. The van der Waals surface area contributed by atoms with E-state index in [-0.39, 0.29) is 0 Å². The van der Waals surface area contributed by atoms with Gasteiger partial charge in [0.05, 0.1) is 7.11 Å². The van der Waals surface area contributed by atoms with Gasteiger partial charge >= 0.3 is 0 Å². The maximum Gasteiger partial charge on any atom is 0.118 e. The minimum atomic E-state index is 0.375. The lowest BCUT2D eigenvalue weighted by Crippen LogP contribution is -2.03. The van der Waals surface area contributed by atoms with E-state index in [1.165, 1.54) is 75.3 Å². The van der Waals surface area contributed by atoms with E-state index in [2.05, 4.69) is 57.9 Å². The van der Waals surface area contributed by atoms with Crippen molar-refractivity contribution in [1.82, 2.24) is 0 Å². The third kappa shape index (κ3) is 16.8. The number of phenols is 1. The number of ether oxygens (including phenoxy) is 1. The zero-order chi connectivity index (χ0) is 25.3. The average molecular weight is 455 g/mol. The highest BCUT2D eigenvalue weighted by Crippen LogP contribution is 2.32. The van der Waals surface area contributed by atoms with Gasteiger partial charge in [-0.25, -0.2) is 0 Å². The van der Waals surface area contributed by atoms with Gasteiger partial charge in [-0.05, 0) is 67.0 Å². The van der Waals surface area contributed by atoms with Crippen LogP contribution in [-0.4, -0.2) is 12.2 Å². The molecule has 1 aliphatic carbocycles. The molecule has 33 heavy (non-hydrogen) atoms. The molecule has 0 saturated heterocycles. The fourth-order valence-electron chi connectivity index (χ4n) is 3.36. The second-order valence-corrected chi connectivity index (χ2v) is 7.88. The first-order valence-electron chi connectivity index (χ1n) is 12.9. The highest BCUT2D eigenvalue weighted by atomic mass is 16.5. The SMILES string of the molecule is C#C.CC.CCCC.CCCCc1ccc(OC)cc1.Oc1ccc(C2CCCCC2)cc1. The van der Waals surface area contributed by atoms with E-state index in [0.717, 1.165) is 11.7 Å². The summed E-state index contributed by atoms with van der Waals surface area (Å²) in [4.78, 5) is 0. The molecule has 0 amide bonds. The summed E-state index contributed by atoms with van der Waals surface area (Å²) >= 11 is 0. The highest BCUT2D eigenvalue weighted by Gasteiger charge is 2.14. The van der Waals surface area contributed by atoms with E-state index in [0.29, 0.717) is 5.75 Å². The van der Waals surface area contributed by atoms with Crippen molar-refractivity contribution in [3.8, 4) is 24.3 Å². The van der Waals surface area contributed by atoms with Gasteiger partial charge in [0.15, 0.2) is 0 Å². The van der Waals surface area contributed by atoms with Crippen LogP contribution in [0.15, 0.2) is 48.5 Å². The lowest BCUT2D eigenvalue weighted by atomic mass is 9.84. The minimum absolute atomic E-state index is 0.375. The van der Waals surface area contributed by atoms with E-state index >= 15 is 0 Å².